The van der Waals surface area contributed by atoms with Gasteiger partial charge >= 0.3 is 6.18 Å². The van der Waals surface area contributed by atoms with Crippen molar-refractivity contribution in [2.24, 2.45) is 11.8 Å². The van der Waals surface area contributed by atoms with E-state index < -0.39 is 46.9 Å². The van der Waals surface area contributed by atoms with Crippen LogP contribution in [0.2, 0.25) is 0 Å². The number of hydrogen-bond donors (Lipinski definition) is 2. The van der Waals surface area contributed by atoms with Gasteiger partial charge in [0.25, 0.3) is 0 Å². The standard InChI is InChI=1S/C18H20F4N4O2/c1-25(2)15(18(20,21)22)10(8-23)11-9-26(3)17(28)14(11)16(27)24-13-7-5-4-6-12(13)19/h4-8,11,14,23H,9H2,1-3H3,(H,24,27)/b15-10+,23-8?/t11-,14+/m1/s1. The van der Waals surface area contributed by atoms with Crippen molar-refractivity contribution in [3.05, 3.63) is 41.4 Å². The van der Waals surface area contributed by atoms with Crippen LogP contribution in [0.25, 0.3) is 0 Å². The minimum Gasteiger partial charge on any atom is -0.373 e. The lowest BCUT2D eigenvalue weighted by Crippen LogP contribution is -2.36. The number of alkyl halides is 3. The number of rotatable bonds is 5. The van der Waals surface area contributed by atoms with E-state index >= 15 is 0 Å². The van der Waals surface area contributed by atoms with Crippen LogP contribution in [0.15, 0.2) is 35.5 Å². The maximum Gasteiger partial charge on any atom is 0.431 e. The van der Waals surface area contributed by atoms with Crippen molar-refractivity contribution in [1.29, 1.82) is 5.41 Å². The van der Waals surface area contributed by atoms with Gasteiger partial charge in [-0.05, 0) is 12.1 Å². The molecule has 2 rings (SSSR count). The third kappa shape index (κ3) is 4.15. The van der Waals surface area contributed by atoms with Crippen molar-refractivity contribution in [2.45, 2.75) is 6.18 Å². The van der Waals surface area contributed by atoms with E-state index in [-0.39, 0.29) is 12.2 Å². The van der Waals surface area contributed by atoms with Gasteiger partial charge in [0.2, 0.25) is 11.8 Å². The fraction of sp³-hybridized carbons (Fsp3) is 0.389. The Kier molecular flexibility index (Phi) is 6.10. The van der Waals surface area contributed by atoms with Gasteiger partial charge in [-0.3, -0.25) is 9.59 Å². The molecule has 1 aromatic carbocycles. The molecule has 1 aliphatic heterocycles. The summed E-state index contributed by atoms with van der Waals surface area (Å²) in [7, 11) is 3.69. The van der Waals surface area contributed by atoms with Gasteiger partial charge in [0.15, 0.2) is 0 Å². The summed E-state index contributed by atoms with van der Waals surface area (Å²) in [4.78, 5) is 27.1. The van der Waals surface area contributed by atoms with E-state index in [0.29, 0.717) is 6.21 Å². The molecule has 0 saturated carbocycles. The quantitative estimate of drug-likeness (QED) is 0.453. The van der Waals surface area contributed by atoms with Gasteiger partial charge in [0.1, 0.15) is 17.4 Å². The van der Waals surface area contributed by atoms with E-state index in [1.165, 1.54) is 39.3 Å². The molecule has 1 heterocycles. The topological polar surface area (TPSA) is 76.5 Å². The van der Waals surface area contributed by atoms with Crippen molar-refractivity contribution >= 4 is 23.7 Å². The number of likely N-dealkylation sites (tertiary alicyclic amines) is 1. The Balaban J connectivity index is 2.49. The predicted molar refractivity (Wildman–Crippen MR) is 95.2 cm³/mol. The van der Waals surface area contributed by atoms with Crippen LogP contribution in [0.3, 0.4) is 0 Å². The average Bonchev–Trinajstić information content (AvgIpc) is 2.88. The van der Waals surface area contributed by atoms with Crippen LogP contribution < -0.4 is 5.32 Å². The first-order chi connectivity index (χ1) is 13.0. The second-order valence-electron chi connectivity index (χ2n) is 6.61. The van der Waals surface area contributed by atoms with Crippen LogP contribution in [0.4, 0.5) is 23.2 Å². The van der Waals surface area contributed by atoms with Gasteiger partial charge in [-0.25, -0.2) is 4.39 Å². The van der Waals surface area contributed by atoms with E-state index in [9.17, 15) is 27.2 Å². The third-order valence-electron chi connectivity index (χ3n) is 4.47. The van der Waals surface area contributed by atoms with Gasteiger partial charge in [0.05, 0.1) is 5.69 Å². The first kappa shape index (κ1) is 21.4. The molecule has 1 aliphatic rings. The van der Waals surface area contributed by atoms with Gasteiger partial charge in [-0.15, -0.1) is 0 Å². The molecule has 1 aromatic rings. The lowest BCUT2D eigenvalue weighted by molar-refractivity contribution is -0.135. The van der Waals surface area contributed by atoms with Crippen molar-refractivity contribution in [1.82, 2.24) is 9.80 Å². The Bertz CT molecular complexity index is 820. The molecule has 0 spiro atoms. The highest BCUT2D eigenvalue weighted by molar-refractivity contribution is 6.09. The number of carbonyl (C=O) groups excluding carboxylic acids is 2. The molecule has 0 radical (unpaired) electrons. The Morgan fingerprint density at radius 2 is 1.93 bits per heavy atom. The fourth-order valence-electron chi connectivity index (χ4n) is 3.27. The summed E-state index contributed by atoms with van der Waals surface area (Å²) in [6, 6.07) is 5.26. The molecule has 6 nitrogen and oxygen atoms in total. The predicted octanol–water partition coefficient (Wildman–Crippen LogP) is 2.50. The SMILES string of the molecule is CN1C[C@H](/C(C=N)=C(/N(C)C)C(F)(F)F)[C@@H](C(=O)Nc2ccccc2F)C1=O. The van der Waals surface area contributed by atoms with E-state index in [1.54, 1.807) is 0 Å². The van der Waals surface area contributed by atoms with Crippen LogP contribution in [0.5, 0.6) is 0 Å². The summed E-state index contributed by atoms with van der Waals surface area (Å²) < 4.78 is 54.4. The molecule has 2 atom stereocenters. The molecular formula is C18H20F4N4O2. The van der Waals surface area contributed by atoms with Crippen molar-refractivity contribution in [3.63, 3.8) is 0 Å². The summed E-state index contributed by atoms with van der Waals surface area (Å²) in [5, 5.41) is 9.78. The van der Waals surface area contributed by atoms with Crippen LogP contribution in [-0.4, -0.2) is 61.7 Å². The fourth-order valence-corrected chi connectivity index (χ4v) is 3.27. The first-order valence-corrected chi connectivity index (χ1v) is 8.28. The number of anilines is 1. The second-order valence-corrected chi connectivity index (χ2v) is 6.61. The molecule has 2 amide bonds. The molecule has 2 N–H and O–H groups in total. The lowest BCUT2D eigenvalue weighted by Gasteiger charge is -2.26. The van der Waals surface area contributed by atoms with E-state index in [1.807, 2.05) is 0 Å². The summed E-state index contributed by atoms with van der Waals surface area (Å²) >= 11 is 0. The highest BCUT2D eigenvalue weighted by Gasteiger charge is 2.48. The summed E-state index contributed by atoms with van der Waals surface area (Å²) in [5.41, 5.74) is -1.78. The summed E-state index contributed by atoms with van der Waals surface area (Å²) in [6.07, 6.45) is -4.27. The molecule has 1 fully saturated rings. The number of halogens is 4. The molecule has 0 unspecified atom stereocenters. The number of amides is 2. The minimum atomic E-state index is -4.78. The summed E-state index contributed by atoms with van der Waals surface area (Å²) in [6.45, 7) is -0.174. The molecule has 10 heteroatoms. The summed E-state index contributed by atoms with van der Waals surface area (Å²) in [5.74, 6) is -5.08. The van der Waals surface area contributed by atoms with Crippen LogP contribution in [0.1, 0.15) is 0 Å². The normalized spacial score (nSPS) is 20.7. The van der Waals surface area contributed by atoms with Crippen molar-refractivity contribution in [2.75, 3.05) is 33.0 Å². The molecular weight excluding hydrogens is 380 g/mol. The van der Waals surface area contributed by atoms with Crippen LogP contribution >= 0.6 is 0 Å². The lowest BCUT2D eigenvalue weighted by atomic mass is 9.86. The molecule has 1 saturated heterocycles. The molecule has 0 aromatic heterocycles. The zero-order valence-electron chi connectivity index (χ0n) is 15.5. The van der Waals surface area contributed by atoms with Crippen molar-refractivity contribution in [3.8, 4) is 0 Å². The third-order valence-corrected chi connectivity index (χ3v) is 4.47. The highest BCUT2D eigenvalue weighted by Crippen LogP contribution is 2.37. The number of para-hydroxylation sites is 1. The van der Waals surface area contributed by atoms with Gasteiger partial charge < -0.3 is 20.5 Å². The monoisotopic (exact) mass is 400 g/mol. The Morgan fingerprint density at radius 3 is 2.43 bits per heavy atom. The largest absolute Gasteiger partial charge is 0.431 e. The van der Waals surface area contributed by atoms with Crippen LogP contribution in [-0.2, 0) is 9.59 Å². The Labute approximate surface area is 159 Å². The highest BCUT2D eigenvalue weighted by atomic mass is 19.4. The maximum absolute atomic E-state index is 13.8. The minimum absolute atomic E-state index is 0.174. The number of benzene rings is 1. The van der Waals surface area contributed by atoms with Gasteiger partial charge in [-0.1, -0.05) is 12.1 Å². The molecule has 0 bridgehead atoms. The molecule has 0 aliphatic carbocycles. The molecule has 152 valence electrons. The number of allylic oxidation sites excluding steroid dienone is 1. The van der Waals surface area contributed by atoms with Crippen molar-refractivity contribution < 1.29 is 27.2 Å². The van der Waals surface area contributed by atoms with E-state index in [4.69, 9.17) is 5.41 Å². The van der Waals surface area contributed by atoms with E-state index in [0.717, 1.165) is 15.9 Å². The number of nitrogens with one attached hydrogen (secondary N) is 2. The smallest absolute Gasteiger partial charge is 0.373 e. The average molecular weight is 400 g/mol. The zero-order valence-corrected chi connectivity index (χ0v) is 15.5. The number of nitrogens with zero attached hydrogens (tertiary/aromatic N) is 2. The molecule has 28 heavy (non-hydrogen) atoms. The number of hydrogen-bond acceptors (Lipinski definition) is 4. The zero-order chi connectivity index (χ0) is 21.2. The second kappa shape index (κ2) is 7.99. The maximum atomic E-state index is 13.8. The van der Waals surface area contributed by atoms with Crippen LogP contribution in [0, 0.1) is 23.1 Å². The number of carbonyl (C=O) groups is 2. The Morgan fingerprint density at radius 1 is 1.32 bits per heavy atom. The van der Waals surface area contributed by atoms with E-state index in [2.05, 4.69) is 5.32 Å². The van der Waals surface area contributed by atoms with Gasteiger partial charge in [-0.2, -0.15) is 13.2 Å². The Hall–Kier alpha value is -2.91. The van der Waals surface area contributed by atoms with Gasteiger partial charge in [0, 0.05) is 45.4 Å². The first-order valence-electron chi connectivity index (χ1n) is 8.28.